The molecule has 0 aromatic carbocycles. The van der Waals surface area contributed by atoms with E-state index in [2.05, 4.69) is 38.1 Å². The standard InChI is InChI=1S/C15H22N6O/c1-5-11-6-14(18-10(2)17-11)21-8-12(22-4)7-13(21)15-19-16-9-20(15)3/h6,9,12-13H,5,7-8H2,1-4H3/t12-,13+/m1/s1. The summed E-state index contributed by atoms with van der Waals surface area (Å²) < 4.78 is 7.54. The van der Waals surface area contributed by atoms with Gasteiger partial charge in [-0.25, -0.2) is 9.97 Å². The summed E-state index contributed by atoms with van der Waals surface area (Å²) in [6.07, 6.45) is 3.68. The van der Waals surface area contributed by atoms with Crippen molar-refractivity contribution in [3.8, 4) is 0 Å². The van der Waals surface area contributed by atoms with Gasteiger partial charge in [0, 0.05) is 38.9 Å². The van der Waals surface area contributed by atoms with Crippen molar-refractivity contribution < 1.29 is 4.74 Å². The Labute approximate surface area is 130 Å². The van der Waals surface area contributed by atoms with Crippen molar-refractivity contribution in [2.75, 3.05) is 18.6 Å². The van der Waals surface area contributed by atoms with Gasteiger partial charge in [-0.1, -0.05) is 6.92 Å². The molecule has 2 aromatic rings. The van der Waals surface area contributed by atoms with E-state index in [0.717, 1.165) is 42.5 Å². The lowest BCUT2D eigenvalue weighted by Crippen LogP contribution is -2.27. The van der Waals surface area contributed by atoms with Crippen LogP contribution in [-0.2, 0) is 18.2 Å². The molecule has 22 heavy (non-hydrogen) atoms. The van der Waals surface area contributed by atoms with Crippen LogP contribution >= 0.6 is 0 Å². The molecule has 0 radical (unpaired) electrons. The minimum atomic E-state index is 0.122. The lowest BCUT2D eigenvalue weighted by Gasteiger charge is -2.25. The first-order valence-corrected chi connectivity index (χ1v) is 7.60. The molecular formula is C15H22N6O. The molecule has 1 aliphatic rings. The van der Waals surface area contributed by atoms with Crippen LogP contribution in [-0.4, -0.2) is 44.5 Å². The predicted octanol–water partition coefficient (Wildman–Crippen LogP) is 1.44. The lowest BCUT2D eigenvalue weighted by atomic mass is 10.2. The first-order valence-electron chi connectivity index (χ1n) is 7.60. The zero-order valence-corrected chi connectivity index (χ0v) is 13.5. The molecule has 3 heterocycles. The molecule has 2 atom stereocenters. The minimum Gasteiger partial charge on any atom is -0.380 e. The van der Waals surface area contributed by atoms with Crippen LogP contribution < -0.4 is 4.90 Å². The van der Waals surface area contributed by atoms with Crippen LogP contribution in [0.2, 0.25) is 0 Å². The fourth-order valence-corrected chi connectivity index (χ4v) is 3.00. The first kappa shape index (κ1) is 14.9. The third kappa shape index (κ3) is 2.68. The lowest BCUT2D eigenvalue weighted by molar-refractivity contribution is 0.118. The van der Waals surface area contributed by atoms with Gasteiger partial charge in [-0.15, -0.1) is 10.2 Å². The highest BCUT2D eigenvalue weighted by atomic mass is 16.5. The molecule has 1 aliphatic heterocycles. The van der Waals surface area contributed by atoms with Gasteiger partial charge in [0.2, 0.25) is 0 Å². The van der Waals surface area contributed by atoms with Crippen molar-refractivity contribution in [2.24, 2.45) is 7.05 Å². The molecule has 1 saturated heterocycles. The molecule has 0 aliphatic carbocycles. The van der Waals surface area contributed by atoms with Gasteiger partial charge in [-0.05, 0) is 13.3 Å². The van der Waals surface area contributed by atoms with Crippen molar-refractivity contribution in [3.63, 3.8) is 0 Å². The molecule has 118 valence electrons. The van der Waals surface area contributed by atoms with Gasteiger partial charge in [0.05, 0.1) is 12.1 Å². The average Bonchev–Trinajstić information content (AvgIpc) is 3.12. The molecule has 0 unspecified atom stereocenters. The van der Waals surface area contributed by atoms with E-state index in [-0.39, 0.29) is 12.1 Å². The van der Waals surface area contributed by atoms with E-state index in [9.17, 15) is 0 Å². The van der Waals surface area contributed by atoms with Crippen LogP contribution in [0.25, 0.3) is 0 Å². The van der Waals surface area contributed by atoms with Crippen LogP contribution in [0.15, 0.2) is 12.4 Å². The fraction of sp³-hybridized carbons (Fsp3) is 0.600. The van der Waals surface area contributed by atoms with Crippen LogP contribution in [0.1, 0.15) is 36.7 Å². The van der Waals surface area contributed by atoms with Crippen molar-refractivity contribution in [2.45, 2.75) is 38.8 Å². The van der Waals surface area contributed by atoms with Gasteiger partial charge in [0.25, 0.3) is 0 Å². The Morgan fingerprint density at radius 3 is 2.82 bits per heavy atom. The Balaban J connectivity index is 1.99. The van der Waals surface area contributed by atoms with Crippen molar-refractivity contribution in [1.29, 1.82) is 0 Å². The minimum absolute atomic E-state index is 0.122. The summed E-state index contributed by atoms with van der Waals surface area (Å²) in [5, 5.41) is 8.29. The summed E-state index contributed by atoms with van der Waals surface area (Å²) in [6.45, 7) is 4.84. The molecule has 0 amide bonds. The predicted molar refractivity (Wildman–Crippen MR) is 82.7 cm³/mol. The number of ether oxygens (including phenoxy) is 1. The fourth-order valence-electron chi connectivity index (χ4n) is 3.00. The van der Waals surface area contributed by atoms with E-state index >= 15 is 0 Å². The second-order valence-electron chi connectivity index (χ2n) is 5.68. The number of hydrogen-bond donors (Lipinski definition) is 0. The van der Waals surface area contributed by atoms with Crippen LogP contribution in [0.5, 0.6) is 0 Å². The summed E-state index contributed by atoms with van der Waals surface area (Å²) in [5.41, 5.74) is 1.06. The van der Waals surface area contributed by atoms with Crippen LogP contribution in [0.4, 0.5) is 5.82 Å². The maximum absolute atomic E-state index is 5.58. The smallest absolute Gasteiger partial charge is 0.155 e. The molecule has 0 saturated carbocycles. The van der Waals surface area contributed by atoms with Crippen molar-refractivity contribution >= 4 is 5.82 Å². The molecule has 0 N–H and O–H groups in total. The monoisotopic (exact) mass is 302 g/mol. The number of aryl methyl sites for hydroxylation is 3. The van der Waals surface area contributed by atoms with Gasteiger partial charge < -0.3 is 14.2 Å². The number of methoxy groups -OCH3 is 1. The Morgan fingerprint density at radius 2 is 2.18 bits per heavy atom. The Morgan fingerprint density at radius 1 is 1.36 bits per heavy atom. The summed E-state index contributed by atoms with van der Waals surface area (Å²) >= 11 is 0. The summed E-state index contributed by atoms with van der Waals surface area (Å²) in [7, 11) is 3.72. The number of hydrogen-bond acceptors (Lipinski definition) is 6. The number of rotatable bonds is 4. The largest absolute Gasteiger partial charge is 0.380 e. The molecule has 0 spiro atoms. The highest BCUT2D eigenvalue weighted by Crippen LogP contribution is 2.35. The van der Waals surface area contributed by atoms with Gasteiger partial charge >= 0.3 is 0 Å². The van der Waals surface area contributed by atoms with E-state index < -0.39 is 0 Å². The van der Waals surface area contributed by atoms with E-state index in [4.69, 9.17) is 4.74 Å². The number of nitrogens with zero attached hydrogens (tertiary/aromatic N) is 6. The van der Waals surface area contributed by atoms with Crippen molar-refractivity contribution in [1.82, 2.24) is 24.7 Å². The SMILES string of the molecule is CCc1cc(N2C[C@H](OC)C[C@H]2c2nncn2C)nc(C)n1. The van der Waals surface area contributed by atoms with Crippen LogP contribution in [0, 0.1) is 6.92 Å². The molecular weight excluding hydrogens is 280 g/mol. The van der Waals surface area contributed by atoms with E-state index in [1.54, 1.807) is 13.4 Å². The van der Waals surface area contributed by atoms with Crippen LogP contribution in [0.3, 0.4) is 0 Å². The molecule has 7 heteroatoms. The van der Waals surface area contributed by atoms with E-state index in [0.29, 0.717) is 0 Å². The summed E-state index contributed by atoms with van der Waals surface area (Å²) in [5.74, 6) is 2.68. The Kier molecular flexibility index (Phi) is 4.06. The topological polar surface area (TPSA) is 69.0 Å². The molecule has 3 rings (SSSR count). The maximum Gasteiger partial charge on any atom is 0.155 e. The average molecular weight is 302 g/mol. The van der Waals surface area contributed by atoms with Gasteiger partial charge in [-0.2, -0.15) is 0 Å². The third-order valence-electron chi connectivity index (χ3n) is 4.17. The summed E-state index contributed by atoms with van der Waals surface area (Å²) in [6, 6.07) is 2.19. The normalized spacial score (nSPS) is 21.5. The third-order valence-corrected chi connectivity index (χ3v) is 4.17. The molecule has 7 nitrogen and oxygen atoms in total. The van der Waals surface area contributed by atoms with Gasteiger partial charge in [-0.3, -0.25) is 0 Å². The second kappa shape index (κ2) is 6.00. The van der Waals surface area contributed by atoms with Gasteiger partial charge in [0.15, 0.2) is 5.82 Å². The van der Waals surface area contributed by atoms with Crippen molar-refractivity contribution in [3.05, 3.63) is 29.7 Å². The number of anilines is 1. The highest BCUT2D eigenvalue weighted by molar-refractivity contribution is 5.44. The molecule has 0 bridgehead atoms. The second-order valence-corrected chi connectivity index (χ2v) is 5.68. The first-order chi connectivity index (χ1) is 10.6. The highest BCUT2D eigenvalue weighted by Gasteiger charge is 2.36. The zero-order valence-electron chi connectivity index (χ0n) is 13.5. The zero-order chi connectivity index (χ0) is 15.7. The number of aromatic nitrogens is 5. The molecule has 1 fully saturated rings. The van der Waals surface area contributed by atoms with E-state index in [1.165, 1.54) is 0 Å². The maximum atomic E-state index is 5.58. The van der Waals surface area contributed by atoms with E-state index in [1.807, 2.05) is 18.5 Å². The van der Waals surface area contributed by atoms with Gasteiger partial charge in [0.1, 0.15) is 18.0 Å². The summed E-state index contributed by atoms with van der Waals surface area (Å²) in [4.78, 5) is 11.3. The molecule has 2 aromatic heterocycles. The Bertz CT molecular complexity index is 655. The quantitative estimate of drug-likeness (QED) is 0.851. The Hall–Kier alpha value is -2.02.